The largest absolute Gasteiger partial charge is 0.234 e. The third kappa shape index (κ3) is 1.85. The van der Waals surface area contributed by atoms with Gasteiger partial charge in [0.05, 0.1) is 5.02 Å². The SMILES string of the molecule is Clc1ccc(-c2n[c]cs2)c(Cl)c1. The predicted octanol–water partition coefficient (Wildman–Crippen LogP) is 3.92. The van der Waals surface area contributed by atoms with Crippen LogP contribution in [0.3, 0.4) is 0 Å². The van der Waals surface area contributed by atoms with Crippen LogP contribution in [0.5, 0.6) is 0 Å². The van der Waals surface area contributed by atoms with E-state index in [0.717, 1.165) is 10.6 Å². The van der Waals surface area contributed by atoms with Crippen molar-refractivity contribution in [3.63, 3.8) is 0 Å². The van der Waals surface area contributed by atoms with Crippen molar-refractivity contribution in [2.75, 3.05) is 0 Å². The zero-order valence-corrected chi connectivity index (χ0v) is 8.75. The van der Waals surface area contributed by atoms with Crippen LogP contribution in [0.2, 0.25) is 10.0 Å². The van der Waals surface area contributed by atoms with Gasteiger partial charge >= 0.3 is 0 Å². The molecule has 0 bridgehead atoms. The second kappa shape index (κ2) is 3.66. The number of nitrogens with zero attached hydrogens (tertiary/aromatic N) is 1. The van der Waals surface area contributed by atoms with Crippen molar-refractivity contribution in [1.82, 2.24) is 4.98 Å². The zero-order chi connectivity index (χ0) is 9.26. The van der Waals surface area contributed by atoms with Gasteiger partial charge < -0.3 is 0 Å². The summed E-state index contributed by atoms with van der Waals surface area (Å²) in [5, 5.41) is 3.91. The van der Waals surface area contributed by atoms with E-state index in [1.165, 1.54) is 11.3 Å². The molecule has 0 N–H and O–H groups in total. The Labute approximate surface area is 90.0 Å². The van der Waals surface area contributed by atoms with Crippen LogP contribution in [0.15, 0.2) is 23.6 Å². The van der Waals surface area contributed by atoms with Gasteiger partial charge in [0, 0.05) is 16.0 Å². The molecule has 0 spiro atoms. The molecular formula is C9H4Cl2NS. The fourth-order valence-electron chi connectivity index (χ4n) is 0.980. The summed E-state index contributed by atoms with van der Waals surface area (Å²) >= 11 is 13.3. The Balaban J connectivity index is 2.53. The number of thiazole rings is 1. The van der Waals surface area contributed by atoms with Crippen molar-refractivity contribution in [2.45, 2.75) is 0 Å². The lowest BCUT2D eigenvalue weighted by Crippen LogP contribution is -1.77. The number of halogens is 2. The highest BCUT2D eigenvalue weighted by Gasteiger charge is 2.05. The Morgan fingerprint density at radius 1 is 1.31 bits per heavy atom. The molecule has 4 heteroatoms. The summed E-state index contributed by atoms with van der Waals surface area (Å²) in [5.74, 6) is 0. The van der Waals surface area contributed by atoms with E-state index in [-0.39, 0.29) is 0 Å². The maximum Gasteiger partial charge on any atom is 0.125 e. The smallest absolute Gasteiger partial charge is 0.125 e. The second-order valence-electron chi connectivity index (χ2n) is 2.41. The van der Waals surface area contributed by atoms with Crippen LogP contribution < -0.4 is 0 Å². The molecule has 2 rings (SSSR count). The molecule has 1 heterocycles. The van der Waals surface area contributed by atoms with Gasteiger partial charge in [-0.05, 0) is 18.2 Å². The molecule has 1 radical (unpaired) electrons. The molecular weight excluding hydrogens is 225 g/mol. The number of benzene rings is 1. The molecule has 0 aliphatic heterocycles. The number of aromatic nitrogens is 1. The second-order valence-corrected chi connectivity index (χ2v) is 4.11. The number of hydrogen-bond donors (Lipinski definition) is 0. The summed E-state index contributed by atoms with van der Waals surface area (Å²) in [6, 6.07) is 5.36. The predicted molar refractivity (Wildman–Crippen MR) is 56.4 cm³/mol. The van der Waals surface area contributed by atoms with Gasteiger partial charge in [-0.2, -0.15) is 0 Å². The average molecular weight is 229 g/mol. The van der Waals surface area contributed by atoms with E-state index in [4.69, 9.17) is 23.2 Å². The lowest BCUT2D eigenvalue weighted by atomic mass is 10.2. The fourth-order valence-corrected chi connectivity index (χ4v) is 2.16. The first-order valence-corrected chi connectivity index (χ1v) is 5.18. The third-order valence-electron chi connectivity index (χ3n) is 1.55. The van der Waals surface area contributed by atoms with Crippen molar-refractivity contribution in [1.29, 1.82) is 0 Å². The van der Waals surface area contributed by atoms with Crippen LogP contribution in [0, 0.1) is 6.20 Å². The van der Waals surface area contributed by atoms with Gasteiger partial charge in [0.25, 0.3) is 0 Å². The molecule has 1 aromatic heterocycles. The number of hydrogen-bond acceptors (Lipinski definition) is 2. The van der Waals surface area contributed by atoms with Gasteiger partial charge in [-0.25, -0.2) is 4.98 Å². The van der Waals surface area contributed by atoms with Crippen LogP contribution in [-0.4, -0.2) is 4.98 Å². The first-order valence-electron chi connectivity index (χ1n) is 3.54. The summed E-state index contributed by atoms with van der Waals surface area (Å²) in [5.41, 5.74) is 0.900. The standard InChI is InChI=1S/C9H4Cl2NS/c10-6-1-2-7(8(11)5-6)9-12-3-4-13-9/h1-2,4-5H. The van der Waals surface area contributed by atoms with Gasteiger partial charge in [-0.15, -0.1) is 11.3 Å². The summed E-state index contributed by atoms with van der Waals surface area (Å²) in [6.07, 6.45) is 2.75. The Kier molecular flexibility index (Phi) is 2.54. The van der Waals surface area contributed by atoms with E-state index in [0.29, 0.717) is 10.0 Å². The van der Waals surface area contributed by atoms with Crippen LogP contribution in [0.1, 0.15) is 0 Å². The molecule has 0 unspecified atom stereocenters. The van der Waals surface area contributed by atoms with E-state index in [2.05, 4.69) is 11.2 Å². The molecule has 0 atom stereocenters. The number of rotatable bonds is 1. The Morgan fingerprint density at radius 3 is 2.77 bits per heavy atom. The molecule has 65 valence electrons. The summed E-state index contributed by atoms with van der Waals surface area (Å²) in [6.45, 7) is 0. The fraction of sp³-hybridized carbons (Fsp3) is 0. The Morgan fingerprint density at radius 2 is 2.15 bits per heavy atom. The van der Waals surface area contributed by atoms with E-state index < -0.39 is 0 Å². The van der Waals surface area contributed by atoms with E-state index in [9.17, 15) is 0 Å². The highest BCUT2D eigenvalue weighted by atomic mass is 35.5. The van der Waals surface area contributed by atoms with Crippen molar-refractivity contribution in [2.24, 2.45) is 0 Å². The van der Waals surface area contributed by atoms with E-state index in [1.807, 2.05) is 6.07 Å². The van der Waals surface area contributed by atoms with Crippen molar-refractivity contribution in [3.05, 3.63) is 39.8 Å². The first kappa shape index (κ1) is 9.00. The van der Waals surface area contributed by atoms with Gasteiger partial charge in [0.2, 0.25) is 0 Å². The lowest BCUT2D eigenvalue weighted by Gasteiger charge is -1.99. The topological polar surface area (TPSA) is 12.9 Å². The van der Waals surface area contributed by atoms with Crippen LogP contribution in [-0.2, 0) is 0 Å². The minimum Gasteiger partial charge on any atom is -0.234 e. The Hall–Kier alpha value is -0.570. The van der Waals surface area contributed by atoms with E-state index >= 15 is 0 Å². The van der Waals surface area contributed by atoms with Crippen molar-refractivity contribution < 1.29 is 0 Å². The van der Waals surface area contributed by atoms with Gasteiger partial charge in [0.15, 0.2) is 0 Å². The molecule has 1 nitrogen and oxygen atoms in total. The van der Waals surface area contributed by atoms with E-state index in [1.54, 1.807) is 17.5 Å². The third-order valence-corrected chi connectivity index (χ3v) is 2.86. The molecule has 2 aromatic rings. The molecule has 0 fully saturated rings. The van der Waals surface area contributed by atoms with Crippen LogP contribution >= 0.6 is 34.5 Å². The quantitative estimate of drug-likeness (QED) is 0.722. The summed E-state index contributed by atoms with van der Waals surface area (Å²) in [4.78, 5) is 4.04. The minimum absolute atomic E-state index is 0.621. The van der Waals surface area contributed by atoms with Gasteiger partial charge in [-0.3, -0.25) is 0 Å². The summed E-state index contributed by atoms with van der Waals surface area (Å²) < 4.78 is 0. The maximum absolute atomic E-state index is 5.99. The molecule has 1 aromatic carbocycles. The van der Waals surface area contributed by atoms with Gasteiger partial charge in [-0.1, -0.05) is 23.2 Å². The molecule has 0 amide bonds. The molecule has 0 aliphatic rings. The summed E-state index contributed by atoms with van der Waals surface area (Å²) in [7, 11) is 0. The van der Waals surface area contributed by atoms with Crippen LogP contribution in [0.4, 0.5) is 0 Å². The highest BCUT2D eigenvalue weighted by molar-refractivity contribution is 7.13. The Bertz CT molecular complexity index is 412. The molecule has 0 saturated heterocycles. The van der Waals surface area contributed by atoms with Gasteiger partial charge in [0.1, 0.15) is 11.2 Å². The van der Waals surface area contributed by atoms with Crippen molar-refractivity contribution in [3.8, 4) is 10.6 Å². The molecule has 13 heavy (non-hydrogen) atoms. The highest BCUT2D eigenvalue weighted by Crippen LogP contribution is 2.30. The minimum atomic E-state index is 0.621. The molecule has 0 aliphatic carbocycles. The van der Waals surface area contributed by atoms with Crippen molar-refractivity contribution >= 4 is 34.5 Å². The first-order chi connectivity index (χ1) is 6.27. The normalized spacial score (nSPS) is 10.3. The molecule has 0 saturated carbocycles. The zero-order valence-electron chi connectivity index (χ0n) is 6.42. The maximum atomic E-state index is 5.99. The lowest BCUT2D eigenvalue weighted by molar-refractivity contribution is 1.40. The van der Waals surface area contributed by atoms with Crippen LogP contribution in [0.25, 0.3) is 10.6 Å². The average Bonchev–Trinajstić information content (AvgIpc) is 2.56. The monoisotopic (exact) mass is 228 g/mol.